The Balaban J connectivity index is 0.00000528. The number of aromatic hydroxyl groups is 1. The van der Waals surface area contributed by atoms with Crippen molar-refractivity contribution in [1.29, 1.82) is 0 Å². The molecule has 0 amide bonds. The second kappa shape index (κ2) is 16.0. The van der Waals surface area contributed by atoms with Crippen molar-refractivity contribution in [2.24, 2.45) is 0 Å². The van der Waals surface area contributed by atoms with Gasteiger partial charge in [-0.1, -0.05) is 183 Å². The Bertz CT molecular complexity index is 2550. The standard InChI is InChI=1S/C54H54N3O.Pt/c1-52(2,3)40-30-38(29-39(31-40)46-28-27-37(34-55-46)35-19-12-10-13-20-35)43-24-18-26-48-49(43)56-51(44-32-41(53(4,5)6)33-45(50(44)58)54(7,8)9)57(48)47-25-17-16-23-42(47)36-21-14-11-15-22-36;/h10-28,30-33,51,58H,34H2,1-9H3;/q-3;. The maximum Gasteiger partial charge on any atom is 0.123 e. The van der Waals surface area contributed by atoms with Crippen LogP contribution in [0.2, 0.25) is 0 Å². The molecule has 0 radical (unpaired) electrons. The molecule has 0 aliphatic carbocycles. The predicted molar refractivity (Wildman–Crippen MR) is 245 cm³/mol. The van der Waals surface area contributed by atoms with Gasteiger partial charge in [0.2, 0.25) is 0 Å². The Hall–Kier alpha value is -5.31. The van der Waals surface area contributed by atoms with Crippen molar-refractivity contribution < 1.29 is 26.2 Å². The van der Waals surface area contributed by atoms with Gasteiger partial charge in [0.05, 0.1) is 0 Å². The number of anilines is 2. The van der Waals surface area contributed by atoms with E-state index in [0.29, 0.717) is 12.3 Å². The first-order valence-electron chi connectivity index (χ1n) is 20.5. The van der Waals surface area contributed by atoms with Crippen LogP contribution in [0.3, 0.4) is 0 Å². The molecule has 8 rings (SSSR count). The molecule has 4 nitrogen and oxygen atoms in total. The fourth-order valence-corrected chi connectivity index (χ4v) is 8.02. The quantitative estimate of drug-likeness (QED) is 0.169. The SMILES string of the molecule is CC(C)(C)c1cc(C2=CC=C(c3ccccc3)C[N-]2)[c-]c(-c2cccc3c2[N-]C(c2cc(C(C)(C)C)cc(C(C)(C)C)c2O)N3c2ccccc2-c2ccccc2)c1.[Pt]. The van der Waals surface area contributed by atoms with Crippen LogP contribution in [0.15, 0.2) is 140 Å². The number of phenolic OH excluding ortho intramolecular Hbond substituents is 1. The van der Waals surface area contributed by atoms with Gasteiger partial charge < -0.3 is 20.6 Å². The minimum Gasteiger partial charge on any atom is -0.715 e. The molecule has 1 N–H and O–H groups in total. The maximum absolute atomic E-state index is 12.4. The average Bonchev–Trinajstić information content (AvgIpc) is 3.60. The minimum atomic E-state index is -0.535. The number of nitrogens with zero attached hydrogens (tertiary/aromatic N) is 3. The molecule has 0 saturated heterocycles. The number of fused-ring (bicyclic) bond motifs is 1. The van der Waals surface area contributed by atoms with Crippen molar-refractivity contribution in [3.05, 3.63) is 190 Å². The van der Waals surface area contributed by atoms with E-state index in [-0.39, 0.29) is 37.3 Å². The Kier molecular flexibility index (Phi) is 11.4. The van der Waals surface area contributed by atoms with Crippen molar-refractivity contribution >= 4 is 28.3 Å². The second-order valence-corrected chi connectivity index (χ2v) is 18.8. The molecule has 1 atom stereocenters. The molecule has 6 aromatic rings. The van der Waals surface area contributed by atoms with Gasteiger partial charge in [0.15, 0.2) is 0 Å². The number of hydrogen-bond acceptors (Lipinski definition) is 2. The molecular formula is C54H54N3OPt-3. The van der Waals surface area contributed by atoms with Crippen LogP contribution in [0.4, 0.5) is 17.1 Å². The first-order valence-corrected chi connectivity index (χ1v) is 20.5. The second-order valence-electron chi connectivity index (χ2n) is 18.8. The van der Waals surface area contributed by atoms with E-state index in [1.807, 2.05) is 6.07 Å². The van der Waals surface area contributed by atoms with Crippen molar-refractivity contribution in [3.63, 3.8) is 0 Å². The van der Waals surface area contributed by atoms with E-state index in [4.69, 9.17) is 10.6 Å². The summed E-state index contributed by atoms with van der Waals surface area (Å²) in [6.45, 7) is 20.6. The molecule has 1 unspecified atom stereocenters. The molecule has 0 aromatic heterocycles. The molecule has 0 bridgehead atoms. The third-order valence-corrected chi connectivity index (χ3v) is 11.4. The van der Waals surface area contributed by atoms with Gasteiger partial charge in [-0.05, 0) is 62.4 Å². The van der Waals surface area contributed by atoms with Crippen LogP contribution in [0.5, 0.6) is 5.75 Å². The molecule has 0 fully saturated rings. The zero-order valence-electron chi connectivity index (χ0n) is 35.7. The molecular weight excluding hydrogens is 902 g/mol. The number of hydrogen-bond donors (Lipinski definition) is 1. The van der Waals surface area contributed by atoms with Crippen LogP contribution in [-0.2, 0) is 37.3 Å². The molecule has 2 heterocycles. The van der Waals surface area contributed by atoms with E-state index in [1.165, 1.54) is 16.7 Å². The minimum absolute atomic E-state index is 0. The summed E-state index contributed by atoms with van der Waals surface area (Å²) in [5, 5.41) is 23.1. The average molecular weight is 956 g/mol. The summed E-state index contributed by atoms with van der Waals surface area (Å²) in [7, 11) is 0. The van der Waals surface area contributed by atoms with E-state index in [9.17, 15) is 5.11 Å². The zero-order valence-corrected chi connectivity index (χ0v) is 37.9. The van der Waals surface area contributed by atoms with E-state index < -0.39 is 6.17 Å². The zero-order chi connectivity index (χ0) is 41.0. The Morgan fingerprint density at radius 1 is 0.593 bits per heavy atom. The van der Waals surface area contributed by atoms with E-state index in [0.717, 1.165) is 67.3 Å². The van der Waals surface area contributed by atoms with Crippen molar-refractivity contribution in [1.82, 2.24) is 0 Å². The van der Waals surface area contributed by atoms with Gasteiger partial charge in [0.1, 0.15) is 5.75 Å². The monoisotopic (exact) mass is 955 g/mol. The van der Waals surface area contributed by atoms with E-state index >= 15 is 0 Å². The third kappa shape index (κ3) is 8.30. The van der Waals surface area contributed by atoms with Crippen LogP contribution in [0.1, 0.15) is 102 Å². The summed E-state index contributed by atoms with van der Waals surface area (Å²) in [4.78, 5) is 2.33. The van der Waals surface area contributed by atoms with Crippen LogP contribution >= 0.6 is 0 Å². The summed E-state index contributed by atoms with van der Waals surface area (Å²) >= 11 is 0. The van der Waals surface area contributed by atoms with Gasteiger partial charge in [-0.15, -0.1) is 53.2 Å². The topological polar surface area (TPSA) is 51.7 Å². The van der Waals surface area contributed by atoms with Gasteiger partial charge in [0.25, 0.3) is 0 Å². The molecule has 0 saturated carbocycles. The number of benzene rings is 6. The van der Waals surface area contributed by atoms with Gasteiger partial charge in [-0.3, -0.25) is 0 Å². The maximum atomic E-state index is 12.4. The molecule has 59 heavy (non-hydrogen) atoms. The number of phenols is 1. The number of rotatable bonds is 6. The first kappa shape index (κ1) is 41.8. The van der Waals surface area contributed by atoms with Gasteiger partial charge in [-0.25, -0.2) is 5.70 Å². The molecule has 304 valence electrons. The summed E-state index contributed by atoms with van der Waals surface area (Å²) in [5.41, 5.74) is 14.9. The molecule has 6 aromatic carbocycles. The van der Waals surface area contributed by atoms with Crippen molar-refractivity contribution in [3.8, 4) is 28.0 Å². The fraction of sp³-hybridized carbons (Fsp3) is 0.259. The van der Waals surface area contributed by atoms with E-state index in [2.05, 4.69) is 207 Å². The van der Waals surface area contributed by atoms with E-state index in [1.54, 1.807) is 0 Å². The fourth-order valence-electron chi connectivity index (χ4n) is 8.02. The predicted octanol–water partition coefficient (Wildman–Crippen LogP) is 15.1. The smallest absolute Gasteiger partial charge is 0.123 e. The normalized spacial score (nSPS) is 15.3. The Morgan fingerprint density at radius 3 is 1.80 bits per heavy atom. The number of para-hydroxylation sites is 2. The Labute approximate surface area is 366 Å². The molecule has 5 heteroatoms. The summed E-state index contributed by atoms with van der Waals surface area (Å²) in [6, 6.07) is 48.7. The Morgan fingerprint density at radius 2 is 1.17 bits per heavy atom. The molecule has 0 spiro atoms. The number of allylic oxidation sites excluding steroid dienone is 2. The third-order valence-electron chi connectivity index (χ3n) is 11.4. The summed E-state index contributed by atoms with van der Waals surface area (Å²) < 4.78 is 0. The summed E-state index contributed by atoms with van der Waals surface area (Å²) in [5.74, 6) is 0.295. The molecule has 2 aliphatic rings. The van der Waals surface area contributed by atoms with Gasteiger partial charge in [0, 0.05) is 38.0 Å². The first-order chi connectivity index (χ1) is 27.6. The van der Waals surface area contributed by atoms with Crippen molar-refractivity contribution in [2.45, 2.75) is 84.7 Å². The van der Waals surface area contributed by atoms with Crippen LogP contribution in [0, 0.1) is 6.07 Å². The molecule has 2 aliphatic heterocycles. The van der Waals surface area contributed by atoms with Gasteiger partial charge >= 0.3 is 0 Å². The van der Waals surface area contributed by atoms with Crippen LogP contribution in [0.25, 0.3) is 44.2 Å². The largest absolute Gasteiger partial charge is 0.715 e. The summed E-state index contributed by atoms with van der Waals surface area (Å²) in [6.07, 6.45) is 3.79. The van der Waals surface area contributed by atoms with Crippen LogP contribution < -0.4 is 4.90 Å². The van der Waals surface area contributed by atoms with Crippen LogP contribution in [-0.4, -0.2) is 11.7 Å². The van der Waals surface area contributed by atoms with Crippen molar-refractivity contribution in [2.75, 3.05) is 11.4 Å². The van der Waals surface area contributed by atoms with Gasteiger partial charge in [-0.2, -0.15) is 0 Å².